The molecule has 0 amide bonds. The third-order valence-electron chi connectivity index (χ3n) is 4.04. The SMILES string of the molecule is COc1ccc2cc3c(OC)nc(-c4ccccc4)cc3nc2c1. The number of methoxy groups -OCH3 is 2. The molecule has 0 unspecified atom stereocenters. The fourth-order valence-corrected chi connectivity index (χ4v) is 2.81. The van der Waals surface area contributed by atoms with Gasteiger partial charge in [0.25, 0.3) is 0 Å². The molecule has 2 aromatic heterocycles. The Morgan fingerprint density at radius 2 is 1.58 bits per heavy atom. The summed E-state index contributed by atoms with van der Waals surface area (Å²) >= 11 is 0. The van der Waals surface area contributed by atoms with Crippen molar-refractivity contribution in [2.45, 2.75) is 0 Å². The lowest BCUT2D eigenvalue weighted by atomic mass is 10.1. The average molecular weight is 316 g/mol. The molecule has 0 aliphatic rings. The molecule has 0 N–H and O–H groups in total. The van der Waals surface area contributed by atoms with Gasteiger partial charge in [0.05, 0.1) is 36.3 Å². The predicted molar refractivity (Wildman–Crippen MR) is 95.6 cm³/mol. The quantitative estimate of drug-likeness (QED) is 0.523. The Hall–Kier alpha value is -3.14. The first-order valence-electron chi connectivity index (χ1n) is 7.67. The van der Waals surface area contributed by atoms with Crippen molar-refractivity contribution in [3.05, 3.63) is 60.7 Å². The van der Waals surface area contributed by atoms with Crippen LogP contribution in [0.5, 0.6) is 11.6 Å². The van der Waals surface area contributed by atoms with E-state index < -0.39 is 0 Å². The van der Waals surface area contributed by atoms with E-state index in [-0.39, 0.29) is 0 Å². The Morgan fingerprint density at radius 1 is 0.750 bits per heavy atom. The number of hydrogen-bond donors (Lipinski definition) is 0. The average Bonchev–Trinajstić information content (AvgIpc) is 2.65. The lowest BCUT2D eigenvalue weighted by Crippen LogP contribution is -1.94. The van der Waals surface area contributed by atoms with Crippen LogP contribution in [-0.2, 0) is 0 Å². The Bertz CT molecular complexity index is 1030. The molecule has 2 aromatic carbocycles. The van der Waals surface area contributed by atoms with E-state index in [0.29, 0.717) is 5.88 Å². The van der Waals surface area contributed by atoms with Crippen molar-refractivity contribution >= 4 is 21.8 Å². The lowest BCUT2D eigenvalue weighted by molar-refractivity contribution is 0.404. The van der Waals surface area contributed by atoms with Gasteiger partial charge in [-0.3, -0.25) is 0 Å². The van der Waals surface area contributed by atoms with Crippen LogP contribution < -0.4 is 9.47 Å². The maximum atomic E-state index is 5.51. The standard InChI is InChI=1S/C20H16N2O2/c1-23-15-9-8-14-10-16-19(21-17(14)11-15)12-18(22-20(16)24-2)13-6-4-3-5-7-13/h3-12H,1-2H3. The van der Waals surface area contributed by atoms with E-state index in [4.69, 9.17) is 14.5 Å². The van der Waals surface area contributed by atoms with Crippen molar-refractivity contribution < 1.29 is 9.47 Å². The molecule has 4 nitrogen and oxygen atoms in total. The molecular weight excluding hydrogens is 300 g/mol. The van der Waals surface area contributed by atoms with Gasteiger partial charge in [-0.1, -0.05) is 30.3 Å². The number of hydrogen-bond acceptors (Lipinski definition) is 4. The second-order valence-corrected chi connectivity index (χ2v) is 5.50. The molecule has 0 aliphatic carbocycles. The molecule has 0 bridgehead atoms. The van der Waals surface area contributed by atoms with Crippen LogP contribution in [0.2, 0.25) is 0 Å². The van der Waals surface area contributed by atoms with Gasteiger partial charge >= 0.3 is 0 Å². The molecule has 0 atom stereocenters. The molecule has 4 aromatic rings. The van der Waals surface area contributed by atoms with Gasteiger partial charge in [0.2, 0.25) is 5.88 Å². The number of fused-ring (bicyclic) bond motifs is 2. The molecule has 0 saturated carbocycles. The molecule has 118 valence electrons. The number of aromatic nitrogens is 2. The van der Waals surface area contributed by atoms with Gasteiger partial charge in [0.1, 0.15) is 5.75 Å². The van der Waals surface area contributed by atoms with Crippen molar-refractivity contribution in [2.24, 2.45) is 0 Å². The number of ether oxygens (including phenoxy) is 2. The smallest absolute Gasteiger partial charge is 0.223 e. The first-order chi connectivity index (χ1) is 11.8. The van der Waals surface area contributed by atoms with Gasteiger partial charge in [-0.25, -0.2) is 9.97 Å². The minimum absolute atomic E-state index is 0.580. The van der Waals surface area contributed by atoms with Gasteiger partial charge in [0, 0.05) is 17.0 Å². The number of benzene rings is 2. The first kappa shape index (κ1) is 14.5. The highest BCUT2D eigenvalue weighted by molar-refractivity contribution is 5.96. The highest BCUT2D eigenvalue weighted by atomic mass is 16.5. The molecule has 0 fully saturated rings. The summed E-state index contributed by atoms with van der Waals surface area (Å²) in [6, 6.07) is 19.9. The topological polar surface area (TPSA) is 44.2 Å². The molecule has 0 spiro atoms. The van der Waals surface area contributed by atoms with E-state index >= 15 is 0 Å². The maximum absolute atomic E-state index is 5.51. The third-order valence-corrected chi connectivity index (χ3v) is 4.04. The summed E-state index contributed by atoms with van der Waals surface area (Å²) in [6.07, 6.45) is 0. The van der Waals surface area contributed by atoms with Crippen LogP contribution in [0.25, 0.3) is 33.1 Å². The number of pyridine rings is 2. The molecule has 2 heterocycles. The largest absolute Gasteiger partial charge is 0.497 e. The van der Waals surface area contributed by atoms with Crippen LogP contribution in [-0.4, -0.2) is 24.2 Å². The van der Waals surface area contributed by atoms with E-state index in [1.807, 2.05) is 54.6 Å². The highest BCUT2D eigenvalue weighted by Gasteiger charge is 2.11. The van der Waals surface area contributed by atoms with Gasteiger partial charge < -0.3 is 9.47 Å². The van der Waals surface area contributed by atoms with Crippen LogP contribution in [0.1, 0.15) is 0 Å². The number of nitrogens with zero attached hydrogens (tertiary/aromatic N) is 2. The summed E-state index contributed by atoms with van der Waals surface area (Å²) in [6.45, 7) is 0. The van der Waals surface area contributed by atoms with Gasteiger partial charge in [-0.05, 0) is 24.3 Å². The Labute approximate surface area is 139 Å². The Morgan fingerprint density at radius 3 is 2.33 bits per heavy atom. The van der Waals surface area contributed by atoms with Crippen molar-refractivity contribution in [1.82, 2.24) is 9.97 Å². The summed E-state index contributed by atoms with van der Waals surface area (Å²) in [4.78, 5) is 9.42. The summed E-state index contributed by atoms with van der Waals surface area (Å²) in [5.74, 6) is 1.37. The number of rotatable bonds is 3. The molecular formula is C20H16N2O2. The molecule has 0 aliphatic heterocycles. The van der Waals surface area contributed by atoms with Crippen LogP contribution >= 0.6 is 0 Å². The summed E-state index contributed by atoms with van der Waals surface area (Å²) < 4.78 is 10.8. The molecule has 24 heavy (non-hydrogen) atoms. The van der Waals surface area contributed by atoms with Crippen LogP contribution in [0.3, 0.4) is 0 Å². The van der Waals surface area contributed by atoms with E-state index in [1.54, 1.807) is 14.2 Å². The molecule has 4 rings (SSSR count). The fourth-order valence-electron chi connectivity index (χ4n) is 2.81. The van der Waals surface area contributed by atoms with Crippen molar-refractivity contribution in [1.29, 1.82) is 0 Å². The predicted octanol–water partition coefficient (Wildman–Crippen LogP) is 4.47. The Kier molecular flexibility index (Phi) is 3.50. The van der Waals surface area contributed by atoms with Crippen molar-refractivity contribution in [2.75, 3.05) is 14.2 Å². The normalized spacial score (nSPS) is 10.9. The van der Waals surface area contributed by atoms with Crippen LogP contribution in [0.15, 0.2) is 60.7 Å². The summed E-state index contributed by atoms with van der Waals surface area (Å²) in [5.41, 5.74) is 3.61. The van der Waals surface area contributed by atoms with Crippen molar-refractivity contribution in [3.8, 4) is 22.9 Å². The second kappa shape index (κ2) is 5.81. The van der Waals surface area contributed by atoms with Gasteiger partial charge in [0.15, 0.2) is 0 Å². The fraction of sp³-hybridized carbons (Fsp3) is 0.100. The Balaban J connectivity index is 2.00. The minimum atomic E-state index is 0.580. The van der Waals surface area contributed by atoms with E-state index in [0.717, 1.165) is 38.8 Å². The zero-order valence-corrected chi connectivity index (χ0v) is 13.5. The summed E-state index contributed by atoms with van der Waals surface area (Å²) in [7, 11) is 3.29. The summed E-state index contributed by atoms with van der Waals surface area (Å²) in [5, 5.41) is 1.92. The van der Waals surface area contributed by atoms with E-state index in [9.17, 15) is 0 Å². The van der Waals surface area contributed by atoms with Crippen LogP contribution in [0, 0.1) is 0 Å². The molecule has 0 saturated heterocycles. The molecule has 0 radical (unpaired) electrons. The maximum Gasteiger partial charge on any atom is 0.223 e. The minimum Gasteiger partial charge on any atom is -0.497 e. The zero-order valence-electron chi connectivity index (χ0n) is 13.5. The third kappa shape index (κ3) is 2.42. The highest BCUT2D eigenvalue weighted by Crippen LogP contribution is 2.31. The van der Waals surface area contributed by atoms with Crippen molar-refractivity contribution in [3.63, 3.8) is 0 Å². The zero-order chi connectivity index (χ0) is 16.5. The monoisotopic (exact) mass is 316 g/mol. The van der Waals surface area contributed by atoms with E-state index in [1.165, 1.54) is 0 Å². The van der Waals surface area contributed by atoms with Gasteiger partial charge in [-0.15, -0.1) is 0 Å². The lowest BCUT2D eigenvalue weighted by Gasteiger charge is -2.10. The van der Waals surface area contributed by atoms with E-state index in [2.05, 4.69) is 11.1 Å². The first-order valence-corrected chi connectivity index (χ1v) is 7.67. The molecule has 4 heteroatoms. The van der Waals surface area contributed by atoms with Gasteiger partial charge in [-0.2, -0.15) is 0 Å². The van der Waals surface area contributed by atoms with Crippen LogP contribution in [0.4, 0.5) is 0 Å². The second-order valence-electron chi connectivity index (χ2n) is 5.50.